The molecule has 10 heteroatoms. The van der Waals surface area contributed by atoms with Crippen LogP contribution in [0.2, 0.25) is 0 Å². The summed E-state index contributed by atoms with van der Waals surface area (Å²) in [4.78, 5) is 16.6. The van der Waals surface area contributed by atoms with Crippen molar-refractivity contribution in [3.63, 3.8) is 0 Å². The van der Waals surface area contributed by atoms with Gasteiger partial charge in [0.05, 0.1) is 25.6 Å². The molecule has 0 atom stereocenters. The Bertz CT molecular complexity index is 890. The summed E-state index contributed by atoms with van der Waals surface area (Å²) in [6.45, 7) is 4.07. The van der Waals surface area contributed by atoms with Gasteiger partial charge in [0.1, 0.15) is 16.5 Å². The van der Waals surface area contributed by atoms with Crippen LogP contribution in [0.5, 0.6) is 5.75 Å². The lowest BCUT2D eigenvalue weighted by Crippen LogP contribution is -2.43. The molecule has 1 aliphatic rings. The minimum atomic E-state index is -3.40. The van der Waals surface area contributed by atoms with Crippen LogP contribution in [-0.2, 0) is 14.8 Å². The maximum atomic E-state index is 12.3. The van der Waals surface area contributed by atoms with E-state index in [4.69, 9.17) is 9.47 Å². The van der Waals surface area contributed by atoms with Gasteiger partial charge >= 0.3 is 0 Å². The van der Waals surface area contributed by atoms with Gasteiger partial charge in [0, 0.05) is 30.6 Å². The van der Waals surface area contributed by atoms with Crippen LogP contribution in [0.25, 0.3) is 10.6 Å². The van der Waals surface area contributed by atoms with Gasteiger partial charge in [0.2, 0.25) is 10.0 Å². The molecule has 1 aromatic carbocycles. The normalized spacial score (nSPS) is 15.3. The standard InChI is InChI=1S/C18H23N3O5S2/c1-2-26-15-5-3-14(4-6-15)18-20-16(13-27-18)17(22)19-7-12-28(23,24)21-8-10-25-11-9-21/h3-6,13H,2,7-12H2,1H3,(H,19,22). The molecule has 2 aromatic rings. The van der Waals surface area contributed by atoms with E-state index in [1.165, 1.54) is 15.6 Å². The molecule has 0 saturated carbocycles. The van der Waals surface area contributed by atoms with Crippen molar-refractivity contribution in [3.8, 4) is 16.3 Å². The topological polar surface area (TPSA) is 97.8 Å². The van der Waals surface area contributed by atoms with Crippen LogP contribution in [0.1, 0.15) is 17.4 Å². The lowest BCUT2D eigenvalue weighted by atomic mass is 10.2. The van der Waals surface area contributed by atoms with E-state index in [9.17, 15) is 13.2 Å². The summed E-state index contributed by atoms with van der Waals surface area (Å²) in [5.41, 5.74) is 1.17. The van der Waals surface area contributed by atoms with E-state index in [0.29, 0.717) is 37.9 Å². The molecule has 8 nitrogen and oxygen atoms in total. The van der Waals surface area contributed by atoms with Gasteiger partial charge in [-0.25, -0.2) is 13.4 Å². The van der Waals surface area contributed by atoms with E-state index in [1.54, 1.807) is 5.38 Å². The second-order valence-corrected chi connectivity index (χ2v) is 9.03. The number of hydrogen-bond donors (Lipinski definition) is 1. The van der Waals surface area contributed by atoms with Crippen LogP contribution < -0.4 is 10.1 Å². The summed E-state index contributed by atoms with van der Waals surface area (Å²) in [7, 11) is -3.40. The van der Waals surface area contributed by atoms with Gasteiger partial charge < -0.3 is 14.8 Å². The maximum Gasteiger partial charge on any atom is 0.270 e. The number of benzene rings is 1. The molecule has 1 amide bonds. The van der Waals surface area contributed by atoms with Gasteiger partial charge in [-0.05, 0) is 31.2 Å². The minimum Gasteiger partial charge on any atom is -0.494 e. The summed E-state index contributed by atoms with van der Waals surface area (Å²) in [5, 5.41) is 5.01. The molecule has 0 aliphatic carbocycles. The highest BCUT2D eigenvalue weighted by Gasteiger charge is 2.24. The van der Waals surface area contributed by atoms with Crippen molar-refractivity contribution < 1.29 is 22.7 Å². The Morgan fingerprint density at radius 2 is 2.00 bits per heavy atom. The average Bonchev–Trinajstić information content (AvgIpc) is 3.20. The van der Waals surface area contributed by atoms with E-state index in [2.05, 4.69) is 10.3 Å². The number of carbonyl (C=O) groups is 1. The van der Waals surface area contributed by atoms with Gasteiger partial charge in [-0.1, -0.05) is 0 Å². The number of hydrogen-bond acceptors (Lipinski definition) is 7. The van der Waals surface area contributed by atoms with E-state index in [-0.39, 0.29) is 23.9 Å². The zero-order valence-corrected chi connectivity index (χ0v) is 17.2. The number of sulfonamides is 1. The SMILES string of the molecule is CCOc1ccc(-c2nc(C(=O)NCCS(=O)(=O)N3CCOCC3)cs2)cc1. The number of ether oxygens (including phenoxy) is 2. The molecule has 0 spiro atoms. The first-order chi connectivity index (χ1) is 13.5. The van der Waals surface area contributed by atoms with Crippen LogP contribution in [0.3, 0.4) is 0 Å². The third-order valence-corrected chi connectivity index (χ3v) is 6.92. The van der Waals surface area contributed by atoms with Crippen molar-refractivity contribution in [1.29, 1.82) is 0 Å². The van der Waals surface area contributed by atoms with Crippen molar-refractivity contribution in [2.24, 2.45) is 0 Å². The molecule has 1 saturated heterocycles. The molecule has 152 valence electrons. The fourth-order valence-corrected chi connectivity index (χ4v) is 4.84. The monoisotopic (exact) mass is 425 g/mol. The number of morpholine rings is 1. The summed E-state index contributed by atoms with van der Waals surface area (Å²) < 4.78 is 36.5. The number of carbonyl (C=O) groups excluding carboxylic acids is 1. The Morgan fingerprint density at radius 3 is 2.68 bits per heavy atom. The Kier molecular flexibility index (Phi) is 7.00. The summed E-state index contributed by atoms with van der Waals surface area (Å²) >= 11 is 1.36. The van der Waals surface area contributed by atoms with Crippen molar-refractivity contribution >= 4 is 27.3 Å². The Morgan fingerprint density at radius 1 is 1.29 bits per heavy atom. The summed E-state index contributed by atoms with van der Waals surface area (Å²) in [6, 6.07) is 7.49. The fraction of sp³-hybridized carbons (Fsp3) is 0.444. The first-order valence-corrected chi connectivity index (χ1v) is 11.5. The fourth-order valence-electron chi connectivity index (χ4n) is 2.71. The lowest BCUT2D eigenvalue weighted by molar-refractivity contribution is 0.0730. The lowest BCUT2D eigenvalue weighted by Gasteiger charge is -2.25. The Balaban J connectivity index is 1.54. The zero-order valence-electron chi connectivity index (χ0n) is 15.6. The molecule has 1 aliphatic heterocycles. The molecular formula is C18H23N3O5S2. The van der Waals surface area contributed by atoms with E-state index in [0.717, 1.165) is 11.3 Å². The smallest absolute Gasteiger partial charge is 0.270 e. The second-order valence-electron chi connectivity index (χ2n) is 6.08. The molecule has 28 heavy (non-hydrogen) atoms. The number of nitrogens with zero attached hydrogens (tertiary/aromatic N) is 2. The third-order valence-electron chi connectivity index (χ3n) is 4.16. The number of amides is 1. The number of nitrogens with one attached hydrogen (secondary N) is 1. The predicted molar refractivity (Wildman–Crippen MR) is 107 cm³/mol. The molecule has 0 bridgehead atoms. The van der Waals surface area contributed by atoms with Gasteiger partial charge in [-0.2, -0.15) is 4.31 Å². The van der Waals surface area contributed by atoms with Crippen LogP contribution in [0.15, 0.2) is 29.6 Å². The number of aromatic nitrogens is 1. The number of rotatable bonds is 8. The van der Waals surface area contributed by atoms with Gasteiger partial charge in [0.15, 0.2) is 0 Å². The van der Waals surface area contributed by atoms with Crippen LogP contribution >= 0.6 is 11.3 Å². The van der Waals surface area contributed by atoms with Gasteiger partial charge in [-0.15, -0.1) is 11.3 Å². The van der Waals surface area contributed by atoms with Crippen LogP contribution in [0, 0.1) is 0 Å². The average molecular weight is 426 g/mol. The quantitative estimate of drug-likeness (QED) is 0.690. The molecule has 1 N–H and O–H groups in total. The highest BCUT2D eigenvalue weighted by molar-refractivity contribution is 7.89. The van der Waals surface area contributed by atoms with Crippen LogP contribution in [-0.4, -0.2) is 68.8 Å². The summed E-state index contributed by atoms with van der Waals surface area (Å²) in [5.74, 6) is 0.252. The second kappa shape index (κ2) is 9.46. The van der Waals surface area contributed by atoms with Crippen molar-refractivity contribution in [3.05, 3.63) is 35.3 Å². The van der Waals surface area contributed by atoms with Gasteiger partial charge in [0.25, 0.3) is 5.91 Å². The highest BCUT2D eigenvalue weighted by atomic mass is 32.2. The summed E-state index contributed by atoms with van der Waals surface area (Å²) in [6.07, 6.45) is 0. The first-order valence-electron chi connectivity index (χ1n) is 9.02. The van der Waals surface area contributed by atoms with Gasteiger partial charge in [-0.3, -0.25) is 4.79 Å². The largest absolute Gasteiger partial charge is 0.494 e. The molecule has 3 rings (SSSR count). The molecule has 0 radical (unpaired) electrons. The molecule has 1 fully saturated rings. The van der Waals surface area contributed by atoms with E-state index in [1.807, 2.05) is 31.2 Å². The minimum absolute atomic E-state index is 0.0361. The predicted octanol–water partition coefficient (Wildman–Crippen LogP) is 1.60. The van der Waals surface area contributed by atoms with Crippen molar-refractivity contribution in [2.75, 3.05) is 45.2 Å². The number of thiazole rings is 1. The molecule has 1 aromatic heterocycles. The Labute approximate surface area is 168 Å². The first kappa shape index (κ1) is 20.7. The highest BCUT2D eigenvalue weighted by Crippen LogP contribution is 2.25. The van der Waals surface area contributed by atoms with E-state index < -0.39 is 10.0 Å². The van der Waals surface area contributed by atoms with Crippen molar-refractivity contribution in [2.45, 2.75) is 6.92 Å². The molecule has 2 heterocycles. The maximum absolute atomic E-state index is 12.3. The third kappa shape index (κ3) is 5.28. The van der Waals surface area contributed by atoms with Crippen LogP contribution in [0.4, 0.5) is 0 Å². The zero-order chi connectivity index (χ0) is 20.0. The molecular weight excluding hydrogens is 402 g/mol. The Hall–Kier alpha value is -2.01. The molecule has 0 unspecified atom stereocenters. The van der Waals surface area contributed by atoms with Crippen molar-refractivity contribution in [1.82, 2.24) is 14.6 Å². The van der Waals surface area contributed by atoms with E-state index >= 15 is 0 Å².